The molecule has 1 amide bonds. The van der Waals surface area contributed by atoms with E-state index in [0.29, 0.717) is 25.5 Å². The Balaban J connectivity index is 1.30. The summed E-state index contributed by atoms with van der Waals surface area (Å²) in [5, 5.41) is 3.01. The smallest absolute Gasteiger partial charge is 0.230 e. The van der Waals surface area contributed by atoms with Crippen LogP contribution >= 0.6 is 11.8 Å². The molecule has 28 heavy (non-hydrogen) atoms. The fourth-order valence-electron chi connectivity index (χ4n) is 2.97. The molecule has 0 radical (unpaired) electrons. The van der Waals surface area contributed by atoms with Crippen molar-refractivity contribution in [1.82, 2.24) is 14.9 Å². The van der Waals surface area contributed by atoms with Crippen LogP contribution in [0.3, 0.4) is 0 Å². The van der Waals surface area contributed by atoms with Crippen LogP contribution in [0.2, 0.25) is 0 Å². The molecule has 1 aromatic heterocycles. The zero-order valence-electron chi connectivity index (χ0n) is 15.3. The molecule has 0 aliphatic carbocycles. The van der Waals surface area contributed by atoms with E-state index in [1.807, 2.05) is 47.2 Å². The lowest BCUT2D eigenvalue weighted by atomic mass is 10.1. The second kappa shape index (κ2) is 8.84. The Bertz CT molecular complexity index is 944. The van der Waals surface area contributed by atoms with Gasteiger partial charge in [0.25, 0.3) is 0 Å². The number of nitrogens with zero attached hydrogens (tertiary/aromatic N) is 2. The Morgan fingerprint density at radius 2 is 1.93 bits per heavy atom. The summed E-state index contributed by atoms with van der Waals surface area (Å²) in [5.41, 5.74) is 2.27. The minimum absolute atomic E-state index is 0.00248. The molecule has 0 fully saturated rings. The average Bonchev–Trinajstić information content (AvgIpc) is 3.24. The zero-order chi connectivity index (χ0) is 19.2. The maximum Gasteiger partial charge on any atom is 0.230 e. The molecule has 1 N–H and O–H groups in total. The van der Waals surface area contributed by atoms with Crippen molar-refractivity contribution in [2.45, 2.75) is 18.0 Å². The van der Waals surface area contributed by atoms with Crippen molar-refractivity contribution in [2.24, 2.45) is 0 Å². The summed E-state index contributed by atoms with van der Waals surface area (Å²) in [7, 11) is 0. The molecule has 6 nitrogen and oxygen atoms in total. The van der Waals surface area contributed by atoms with E-state index in [9.17, 15) is 4.79 Å². The largest absolute Gasteiger partial charge is 0.486 e. The molecule has 4 rings (SSSR count). The third kappa shape index (κ3) is 4.67. The SMILES string of the molecule is O=C(CSc1ccc2c(c1)OCCO2)NCc1ccccc1Cn1ccnc1. The number of rotatable bonds is 7. The van der Waals surface area contributed by atoms with Crippen LogP contribution < -0.4 is 14.8 Å². The van der Waals surface area contributed by atoms with Gasteiger partial charge in [-0.1, -0.05) is 24.3 Å². The van der Waals surface area contributed by atoms with Crippen LogP contribution in [-0.2, 0) is 17.9 Å². The number of thioether (sulfide) groups is 1. The van der Waals surface area contributed by atoms with E-state index in [4.69, 9.17) is 9.47 Å². The van der Waals surface area contributed by atoms with E-state index in [-0.39, 0.29) is 5.91 Å². The predicted molar refractivity (Wildman–Crippen MR) is 108 cm³/mol. The van der Waals surface area contributed by atoms with Crippen molar-refractivity contribution in [3.05, 3.63) is 72.3 Å². The van der Waals surface area contributed by atoms with Crippen molar-refractivity contribution in [1.29, 1.82) is 0 Å². The molecule has 1 aliphatic rings. The Hall–Kier alpha value is -2.93. The minimum Gasteiger partial charge on any atom is -0.486 e. The molecule has 7 heteroatoms. The van der Waals surface area contributed by atoms with Gasteiger partial charge in [0, 0.05) is 30.4 Å². The van der Waals surface area contributed by atoms with Gasteiger partial charge in [0.1, 0.15) is 13.2 Å². The summed E-state index contributed by atoms with van der Waals surface area (Å²) in [6, 6.07) is 13.9. The van der Waals surface area contributed by atoms with Gasteiger partial charge in [-0.2, -0.15) is 0 Å². The lowest BCUT2D eigenvalue weighted by Crippen LogP contribution is -2.25. The number of carbonyl (C=O) groups excluding carboxylic acids is 1. The molecule has 3 aromatic rings. The highest BCUT2D eigenvalue weighted by Gasteiger charge is 2.13. The van der Waals surface area contributed by atoms with Gasteiger partial charge in [-0.25, -0.2) is 4.98 Å². The average molecular weight is 395 g/mol. The molecule has 0 saturated heterocycles. The number of hydrogen-bond donors (Lipinski definition) is 1. The van der Waals surface area contributed by atoms with Crippen LogP contribution in [0, 0.1) is 0 Å². The van der Waals surface area contributed by atoms with E-state index >= 15 is 0 Å². The lowest BCUT2D eigenvalue weighted by molar-refractivity contribution is -0.118. The third-order valence-corrected chi connectivity index (χ3v) is 5.38. The van der Waals surface area contributed by atoms with E-state index in [2.05, 4.69) is 16.4 Å². The van der Waals surface area contributed by atoms with Crippen LogP contribution in [-0.4, -0.2) is 34.4 Å². The topological polar surface area (TPSA) is 65.4 Å². The van der Waals surface area contributed by atoms with Gasteiger partial charge >= 0.3 is 0 Å². The molecule has 2 heterocycles. The van der Waals surface area contributed by atoms with E-state index < -0.39 is 0 Å². The highest BCUT2D eigenvalue weighted by Crippen LogP contribution is 2.34. The molecule has 0 saturated carbocycles. The normalized spacial score (nSPS) is 12.6. The summed E-state index contributed by atoms with van der Waals surface area (Å²) in [5.74, 6) is 1.85. The Morgan fingerprint density at radius 3 is 2.75 bits per heavy atom. The first-order valence-electron chi connectivity index (χ1n) is 9.09. The second-order valence-corrected chi connectivity index (χ2v) is 7.42. The molecule has 0 spiro atoms. The summed E-state index contributed by atoms with van der Waals surface area (Å²) in [6.07, 6.45) is 5.48. The summed E-state index contributed by atoms with van der Waals surface area (Å²) in [6.45, 7) is 2.37. The fourth-order valence-corrected chi connectivity index (χ4v) is 3.72. The highest BCUT2D eigenvalue weighted by molar-refractivity contribution is 8.00. The van der Waals surface area contributed by atoms with E-state index in [1.54, 1.807) is 12.5 Å². The molecule has 2 aromatic carbocycles. The second-order valence-electron chi connectivity index (χ2n) is 6.37. The Morgan fingerprint density at radius 1 is 1.11 bits per heavy atom. The van der Waals surface area contributed by atoms with Crippen molar-refractivity contribution >= 4 is 17.7 Å². The maximum atomic E-state index is 12.3. The van der Waals surface area contributed by atoms with Crippen molar-refractivity contribution in [3.8, 4) is 11.5 Å². The molecular weight excluding hydrogens is 374 g/mol. The van der Waals surface area contributed by atoms with Crippen LogP contribution in [0.25, 0.3) is 0 Å². The summed E-state index contributed by atoms with van der Waals surface area (Å²) < 4.78 is 13.1. The number of nitrogens with one attached hydrogen (secondary N) is 1. The van der Waals surface area contributed by atoms with E-state index in [0.717, 1.165) is 28.5 Å². The van der Waals surface area contributed by atoms with Gasteiger partial charge in [-0.05, 0) is 29.3 Å². The third-order valence-electron chi connectivity index (χ3n) is 4.39. The number of fused-ring (bicyclic) bond motifs is 1. The summed E-state index contributed by atoms with van der Waals surface area (Å²) in [4.78, 5) is 17.4. The lowest BCUT2D eigenvalue weighted by Gasteiger charge is -2.18. The van der Waals surface area contributed by atoms with Gasteiger partial charge in [0.2, 0.25) is 5.91 Å². The molecular formula is C21H21N3O3S. The fraction of sp³-hybridized carbons (Fsp3) is 0.238. The molecule has 144 valence electrons. The number of amides is 1. The van der Waals surface area contributed by atoms with Gasteiger partial charge in [0.15, 0.2) is 11.5 Å². The first-order valence-corrected chi connectivity index (χ1v) is 10.1. The van der Waals surface area contributed by atoms with Crippen molar-refractivity contribution in [3.63, 3.8) is 0 Å². The Kier molecular flexibility index (Phi) is 5.82. The van der Waals surface area contributed by atoms with Gasteiger partial charge in [0.05, 0.1) is 12.1 Å². The van der Waals surface area contributed by atoms with Gasteiger partial charge in [-0.3, -0.25) is 4.79 Å². The number of ether oxygens (including phenoxy) is 2. The molecule has 0 unspecified atom stereocenters. The number of imidazole rings is 1. The number of benzene rings is 2. The van der Waals surface area contributed by atoms with Crippen molar-refractivity contribution < 1.29 is 14.3 Å². The highest BCUT2D eigenvalue weighted by atomic mass is 32.2. The van der Waals surface area contributed by atoms with Crippen LogP contribution in [0.4, 0.5) is 0 Å². The monoisotopic (exact) mass is 395 g/mol. The van der Waals surface area contributed by atoms with Crippen LogP contribution in [0.1, 0.15) is 11.1 Å². The quantitative estimate of drug-likeness (QED) is 0.623. The Labute approximate surface area is 167 Å². The van der Waals surface area contributed by atoms with Gasteiger partial charge < -0.3 is 19.4 Å². The number of aromatic nitrogens is 2. The maximum absolute atomic E-state index is 12.3. The number of hydrogen-bond acceptors (Lipinski definition) is 5. The molecule has 0 bridgehead atoms. The first kappa shape index (κ1) is 18.4. The molecule has 1 aliphatic heterocycles. The predicted octanol–water partition coefficient (Wildman–Crippen LogP) is 3.11. The summed E-state index contributed by atoms with van der Waals surface area (Å²) >= 11 is 1.48. The van der Waals surface area contributed by atoms with Crippen LogP contribution in [0.5, 0.6) is 11.5 Å². The minimum atomic E-state index is -0.00248. The molecule has 0 atom stereocenters. The van der Waals surface area contributed by atoms with E-state index in [1.165, 1.54) is 17.3 Å². The first-order chi connectivity index (χ1) is 13.8. The van der Waals surface area contributed by atoms with Gasteiger partial charge in [-0.15, -0.1) is 11.8 Å². The van der Waals surface area contributed by atoms with Crippen molar-refractivity contribution in [2.75, 3.05) is 19.0 Å². The number of carbonyl (C=O) groups is 1. The zero-order valence-corrected chi connectivity index (χ0v) is 16.2. The van der Waals surface area contributed by atoms with Crippen LogP contribution in [0.15, 0.2) is 66.1 Å². The standard InChI is InChI=1S/C21H21N3O3S/c25-21(14-28-18-5-6-19-20(11-18)27-10-9-26-19)23-12-16-3-1-2-4-17(16)13-24-8-7-22-15-24/h1-8,11,15H,9-10,12-14H2,(H,23,25).